The number of aliphatic hydroxyl groups excluding tert-OH is 1. The Hall–Kier alpha value is -1.32. The lowest BCUT2D eigenvalue weighted by molar-refractivity contribution is 0.212. The highest BCUT2D eigenvalue weighted by molar-refractivity contribution is 9.10. The zero-order valence-corrected chi connectivity index (χ0v) is 14.1. The largest absolute Gasteiger partial charge is 0.493 e. The smallest absolute Gasteiger partial charge is 0.128 e. The van der Waals surface area contributed by atoms with E-state index in [0.29, 0.717) is 6.61 Å². The Kier molecular flexibility index (Phi) is 3.80. The van der Waals surface area contributed by atoms with Crippen LogP contribution < -0.4 is 4.74 Å². The Morgan fingerprint density at radius 3 is 2.43 bits per heavy atom. The van der Waals surface area contributed by atoms with E-state index in [2.05, 4.69) is 54.9 Å². The number of ether oxygens (including phenoxy) is 1. The molecule has 110 valence electrons. The topological polar surface area (TPSA) is 29.5 Å². The van der Waals surface area contributed by atoms with Gasteiger partial charge in [-0.15, -0.1) is 0 Å². The first-order valence-corrected chi connectivity index (χ1v) is 7.97. The quantitative estimate of drug-likeness (QED) is 0.873. The molecule has 1 aliphatic heterocycles. The minimum absolute atomic E-state index is 0.657. The molecule has 0 bridgehead atoms. The van der Waals surface area contributed by atoms with Crippen molar-refractivity contribution in [2.75, 3.05) is 6.61 Å². The highest BCUT2D eigenvalue weighted by Crippen LogP contribution is 2.40. The van der Waals surface area contributed by atoms with E-state index in [4.69, 9.17) is 4.74 Å². The number of aryl methyl sites for hydroxylation is 3. The van der Waals surface area contributed by atoms with Crippen LogP contribution in [0.5, 0.6) is 5.75 Å². The molecule has 0 radical (unpaired) electrons. The predicted octanol–water partition coefficient (Wildman–Crippen LogP) is 4.39. The Morgan fingerprint density at radius 2 is 1.76 bits per heavy atom. The molecule has 0 aromatic heterocycles. The second-order valence-corrected chi connectivity index (χ2v) is 6.71. The molecule has 2 aromatic rings. The van der Waals surface area contributed by atoms with Gasteiger partial charge in [-0.2, -0.15) is 0 Å². The standard InChI is InChI=1S/C18H19BrO2/c1-10-6-11(2)16(12(3)7-10)17(20)15-9-14(19)8-13-4-5-21-18(13)15/h6-9,17,20H,4-5H2,1-3H3. The van der Waals surface area contributed by atoms with E-state index < -0.39 is 6.10 Å². The molecule has 1 unspecified atom stereocenters. The normalized spacial score (nSPS) is 14.7. The van der Waals surface area contributed by atoms with Gasteiger partial charge in [0, 0.05) is 16.5 Å². The van der Waals surface area contributed by atoms with Crippen LogP contribution in [0.1, 0.15) is 39.5 Å². The third-order valence-corrected chi connectivity index (χ3v) is 4.54. The predicted molar refractivity (Wildman–Crippen MR) is 88.1 cm³/mol. The van der Waals surface area contributed by atoms with Crippen LogP contribution in [-0.2, 0) is 6.42 Å². The van der Waals surface area contributed by atoms with Crippen molar-refractivity contribution in [1.29, 1.82) is 0 Å². The minimum atomic E-state index is -0.657. The summed E-state index contributed by atoms with van der Waals surface area (Å²) in [6.45, 7) is 6.88. The van der Waals surface area contributed by atoms with Crippen molar-refractivity contribution in [3.63, 3.8) is 0 Å². The first-order chi connectivity index (χ1) is 9.97. The van der Waals surface area contributed by atoms with Gasteiger partial charge in [0.05, 0.1) is 6.61 Å². The summed E-state index contributed by atoms with van der Waals surface area (Å²) < 4.78 is 6.74. The maximum atomic E-state index is 10.9. The van der Waals surface area contributed by atoms with Crippen molar-refractivity contribution < 1.29 is 9.84 Å². The van der Waals surface area contributed by atoms with E-state index in [1.54, 1.807) is 0 Å². The lowest BCUT2D eigenvalue weighted by Crippen LogP contribution is -2.07. The minimum Gasteiger partial charge on any atom is -0.493 e. The third kappa shape index (κ3) is 2.60. The average Bonchev–Trinajstić information content (AvgIpc) is 2.84. The second kappa shape index (κ2) is 5.47. The van der Waals surface area contributed by atoms with E-state index in [1.807, 2.05) is 6.07 Å². The SMILES string of the molecule is Cc1cc(C)c(C(O)c2cc(Br)cc3c2OCC3)c(C)c1. The summed E-state index contributed by atoms with van der Waals surface area (Å²) in [5, 5.41) is 10.9. The number of benzene rings is 2. The van der Waals surface area contributed by atoms with Crippen LogP contribution in [0.15, 0.2) is 28.7 Å². The molecule has 3 rings (SSSR count). The molecule has 0 saturated heterocycles. The first-order valence-electron chi connectivity index (χ1n) is 7.18. The lowest BCUT2D eigenvalue weighted by Gasteiger charge is -2.20. The number of hydrogen-bond donors (Lipinski definition) is 1. The number of aliphatic hydroxyl groups is 1. The van der Waals surface area contributed by atoms with Gasteiger partial charge < -0.3 is 9.84 Å². The Labute approximate surface area is 133 Å². The number of hydrogen-bond acceptors (Lipinski definition) is 2. The molecule has 2 nitrogen and oxygen atoms in total. The maximum Gasteiger partial charge on any atom is 0.128 e. The van der Waals surface area contributed by atoms with Gasteiger partial charge in [0.1, 0.15) is 11.9 Å². The van der Waals surface area contributed by atoms with Gasteiger partial charge in [-0.05, 0) is 55.2 Å². The molecule has 0 spiro atoms. The molecule has 21 heavy (non-hydrogen) atoms. The van der Waals surface area contributed by atoms with Crippen molar-refractivity contribution >= 4 is 15.9 Å². The molecule has 1 heterocycles. The van der Waals surface area contributed by atoms with Gasteiger partial charge in [0.2, 0.25) is 0 Å². The van der Waals surface area contributed by atoms with Crippen LogP contribution in [0.4, 0.5) is 0 Å². The van der Waals surface area contributed by atoms with E-state index in [9.17, 15) is 5.11 Å². The molecule has 3 heteroatoms. The fraction of sp³-hybridized carbons (Fsp3) is 0.333. The zero-order chi connectivity index (χ0) is 15.1. The van der Waals surface area contributed by atoms with Crippen molar-refractivity contribution in [2.24, 2.45) is 0 Å². The maximum absolute atomic E-state index is 10.9. The molecule has 0 amide bonds. The fourth-order valence-corrected chi connectivity index (χ4v) is 3.80. The second-order valence-electron chi connectivity index (χ2n) is 5.80. The monoisotopic (exact) mass is 346 g/mol. The molecule has 2 aromatic carbocycles. The highest BCUT2D eigenvalue weighted by Gasteiger charge is 2.25. The summed E-state index contributed by atoms with van der Waals surface area (Å²) in [5.41, 5.74) is 6.46. The van der Waals surface area contributed by atoms with Crippen LogP contribution >= 0.6 is 15.9 Å². The summed E-state index contributed by atoms with van der Waals surface area (Å²) in [6.07, 6.45) is 0.246. The molecule has 0 aliphatic carbocycles. The Bertz CT molecular complexity index is 684. The molecular weight excluding hydrogens is 328 g/mol. The number of fused-ring (bicyclic) bond motifs is 1. The van der Waals surface area contributed by atoms with Gasteiger partial charge in [-0.25, -0.2) is 0 Å². The Balaban J connectivity index is 2.14. The molecule has 1 aliphatic rings. The Morgan fingerprint density at radius 1 is 1.10 bits per heavy atom. The molecule has 1 N–H and O–H groups in total. The average molecular weight is 347 g/mol. The molecule has 0 saturated carbocycles. The summed E-state index contributed by atoms with van der Waals surface area (Å²) in [5.74, 6) is 0.852. The van der Waals surface area contributed by atoms with Gasteiger partial charge in [0.15, 0.2) is 0 Å². The van der Waals surface area contributed by atoms with E-state index in [0.717, 1.165) is 38.9 Å². The summed E-state index contributed by atoms with van der Waals surface area (Å²) in [7, 11) is 0. The van der Waals surface area contributed by atoms with Crippen LogP contribution in [-0.4, -0.2) is 11.7 Å². The van der Waals surface area contributed by atoms with Crippen molar-refractivity contribution in [2.45, 2.75) is 33.3 Å². The summed E-state index contributed by atoms with van der Waals surface area (Å²) in [4.78, 5) is 0. The molecular formula is C18H19BrO2. The van der Waals surface area contributed by atoms with E-state index >= 15 is 0 Å². The summed E-state index contributed by atoms with van der Waals surface area (Å²) >= 11 is 3.54. The van der Waals surface area contributed by atoms with Crippen LogP contribution in [0.2, 0.25) is 0 Å². The number of rotatable bonds is 2. The van der Waals surface area contributed by atoms with Crippen LogP contribution in [0.3, 0.4) is 0 Å². The van der Waals surface area contributed by atoms with Gasteiger partial charge in [-0.3, -0.25) is 0 Å². The van der Waals surface area contributed by atoms with Crippen molar-refractivity contribution in [3.8, 4) is 5.75 Å². The van der Waals surface area contributed by atoms with E-state index in [1.165, 1.54) is 11.1 Å². The van der Waals surface area contributed by atoms with Crippen LogP contribution in [0, 0.1) is 20.8 Å². The van der Waals surface area contributed by atoms with Crippen molar-refractivity contribution in [1.82, 2.24) is 0 Å². The number of halogens is 1. The zero-order valence-electron chi connectivity index (χ0n) is 12.5. The van der Waals surface area contributed by atoms with Crippen LogP contribution in [0.25, 0.3) is 0 Å². The van der Waals surface area contributed by atoms with Gasteiger partial charge in [-0.1, -0.05) is 33.6 Å². The first kappa shape index (κ1) is 14.6. The van der Waals surface area contributed by atoms with E-state index in [-0.39, 0.29) is 0 Å². The van der Waals surface area contributed by atoms with Gasteiger partial charge in [0.25, 0.3) is 0 Å². The molecule has 1 atom stereocenters. The highest BCUT2D eigenvalue weighted by atomic mass is 79.9. The van der Waals surface area contributed by atoms with Crippen molar-refractivity contribution in [3.05, 3.63) is 62.1 Å². The van der Waals surface area contributed by atoms with Gasteiger partial charge >= 0.3 is 0 Å². The summed E-state index contributed by atoms with van der Waals surface area (Å²) in [6, 6.07) is 8.27. The molecule has 0 fully saturated rings. The lowest BCUT2D eigenvalue weighted by atomic mass is 9.91. The fourth-order valence-electron chi connectivity index (χ4n) is 3.28. The third-order valence-electron chi connectivity index (χ3n) is 4.08.